The number of hydrogen-bond donors (Lipinski definition) is 0. The van der Waals surface area contributed by atoms with E-state index in [-0.39, 0.29) is 16.2 Å². The molecule has 0 spiro atoms. The van der Waals surface area contributed by atoms with Gasteiger partial charge in [-0.2, -0.15) is 0 Å². The van der Waals surface area contributed by atoms with Crippen LogP contribution >= 0.6 is 11.6 Å². The second-order valence-electron chi connectivity index (χ2n) is 13.6. The normalized spacial score (nSPS) is 16.4. The number of rotatable bonds is 3. The molecule has 0 radical (unpaired) electrons. The van der Waals surface area contributed by atoms with Crippen LogP contribution in [0.4, 0.5) is 17.1 Å². The molecule has 0 atom stereocenters. The van der Waals surface area contributed by atoms with Crippen molar-refractivity contribution in [2.45, 2.75) is 77.6 Å². The molecule has 200 valence electrons. The average molecular weight is 536 g/mol. The van der Waals surface area contributed by atoms with Gasteiger partial charge in [0.25, 0.3) is 0 Å². The lowest BCUT2D eigenvalue weighted by Gasteiger charge is -2.42. The molecule has 1 aromatic heterocycles. The van der Waals surface area contributed by atoms with Gasteiger partial charge in [0, 0.05) is 32.9 Å². The van der Waals surface area contributed by atoms with Crippen LogP contribution in [0.15, 0.2) is 83.3 Å². The van der Waals surface area contributed by atoms with Gasteiger partial charge in [0.1, 0.15) is 11.2 Å². The summed E-state index contributed by atoms with van der Waals surface area (Å²) >= 11 is 6.79. The second kappa shape index (κ2) is 8.89. The smallest absolute Gasteiger partial charge is 0.135 e. The van der Waals surface area contributed by atoms with Gasteiger partial charge in [-0.15, -0.1) is 0 Å². The number of halogens is 1. The summed E-state index contributed by atoms with van der Waals surface area (Å²) in [6.07, 6.45) is 2.37. The summed E-state index contributed by atoms with van der Waals surface area (Å²) in [4.78, 5) is 2.36. The lowest BCUT2D eigenvalue weighted by atomic mass is 9.63. The molecule has 4 aromatic carbocycles. The number of para-hydroxylation sites is 1. The molecule has 0 bridgehead atoms. The van der Waals surface area contributed by atoms with E-state index in [9.17, 15) is 0 Å². The Morgan fingerprint density at radius 1 is 0.667 bits per heavy atom. The summed E-state index contributed by atoms with van der Waals surface area (Å²) in [5.74, 6) is 0. The highest BCUT2D eigenvalue weighted by Crippen LogP contribution is 2.49. The van der Waals surface area contributed by atoms with Crippen molar-refractivity contribution in [1.29, 1.82) is 0 Å². The highest BCUT2D eigenvalue weighted by Gasteiger charge is 2.37. The molecule has 0 aliphatic heterocycles. The minimum atomic E-state index is -0.0299. The molecule has 0 unspecified atom stereocenters. The zero-order valence-corrected chi connectivity index (χ0v) is 24.9. The predicted octanol–water partition coefficient (Wildman–Crippen LogP) is 11.4. The van der Waals surface area contributed by atoms with E-state index in [4.69, 9.17) is 16.0 Å². The van der Waals surface area contributed by atoms with Crippen molar-refractivity contribution in [3.8, 4) is 0 Å². The summed E-state index contributed by atoms with van der Waals surface area (Å²) in [6.45, 7) is 16.2. The van der Waals surface area contributed by atoms with Gasteiger partial charge >= 0.3 is 0 Å². The molecule has 0 N–H and O–H groups in total. The minimum Gasteiger partial charge on any atom is -0.456 e. The van der Waals surface area contributed by atoms with Crippen LogP contribution < -0.4 is 4.90 Å². The molecule has 1 heterocycles. The topological polar surface area (TPSA) is 16.4 Å². The first-order chi connectivity index (χ1) is 18.3. The first-order valence-corrected chi connectivity index (χ1v) is 14.4. The van der Waals surface area contributed by atoms with Gasteiger partial charge in [0.05, 0.1) is 0 Å². The zero-order chi connectivity index (χ0) is 27.7. The van der Waals surface area contributed by atoms with Crippen LogP contribution in [0.5, 0.6) is 0 Å². The van der Waals surface area contributed by atoms with E-state index in [0.29, 0.717) is 0 Å². The maximum atomic E-state index is 6.79. The van der Waals surface area contributed by atoms with E-state index in [0.717, 1.165) is 44.0 Å². The van der Waals surface area contributed by atoms with Crippen molar-refractivity contribution >= 4 is 50.6 Å². The largest absolute Gasteiger partial charge is 0.456 e. The van der Waals surface area contributed by atoms with E-state index in [1.54, 1.807) is 0 Å². The predicted molar refractivity (Wildman–Crippen MR) is 167 cm³/mol. The quantitative estimate of drug-likeness (QED) is 0.228. The third kappa shape index (κ3) is 4.53. The fraction of sp³-hybridized carbons (Fsp3) is 0.333. The van der Waals surface area contributed by atoms with E-state index in [1.165, 1.54) is 29.5 Å². The highest BCUT2D eigenvalue weighted by atomic mass is 35.5. The molecule has 1 aliphatic rings. The zero-order valence-electron chi connectivity index (χ0n) is 24.2. The van der Waals surface area contributed by atoms with Gasteiger partial charge in [-0.3, -0.25) is 0 Å². The monoisotopic (exact) mass is 535 g/mol. The number of fused-ring (bicyclic) bond motifs is 4. The molecule has 1 aliphatic carbocycles. The first kappa shape index (κ1) is 26.0. The number of benzene rings is 4. The molecular weight excluding hydrogens is 498 g/mol. The minimum absolute atomic E-state index is 0.0299. The molecule has 39 heavy (non-hydrogen) atoms. The molecule has 0 amide bonds. The van der Waals surface area contributed by atoms with E-state index in [2.05, 4.69) is 120 Å². The van der Waals surface area contributed by atoms with Gasteiger partial charge in [-0.1, -0.05) is 84.3 Å². The van der Waals surface area contributed by atoms with Crippen LogP contribution in [-0.4, -0.2) is 0 Å². The maximum absolute atomic E-state index is 6.79. The van der Waals surface area contributed by atoms with Gasteiger partial charge in [-0.05, 0) is 100 Å². The number of hydrogen-bond acceptors (Lipinski definition) is 2. The van der Waals surface area contributed by atoms with Crippen molar-refractivity contribution in [2.75, 3.05) is 4.90 Å². The average Bonchev–Trinajstić information content (AvgIpc) is 3.24. The molecule has 2 nitrogen and oxygen atoms in total. The Morgan fingerprint density at radius 2 is 1.31 bits per heavy atom. The Morgan fingerprint density at radius 3 is 2.05 bits per heavy atom. The van der Waals surface area contributed by atoms with Gasteiger partial charge in [0.2, 0.25) is 0 Å². The molecule has 0 fully saturated rings. The van der Waals surface area contributed by atoms with Crippen molar-refractivity contribution < 1.29 is 4.42 Å². The Balaban J connectivity index is 1.61. The number of anilines is 3. The van der Waals surface area contributed by atoms with Crippen molar-refractivity contribution in [3.05, 3.63) is 101 Å². The summed E-state index contributed by atoms with van der Waals surface area (Å²) in [6, 6.07) is 28.3. The van der Waals surface area contributed by atoms with E-state index in [1.807, 2.05) is 12.1 Å². The van der Waals surface area contributed by atoms with Crippen LogP contribution in [0.25, 0.3) is 21.9 Å². The van der Waals surface area contributed by atoms with Crippen LogP contribution in [0.1, 0.15) is 78.0 Å². The summed E-state index contributed by atoms with van der Waals surface area (Å²) < 4.78 is 6.17. The van der Waals surface area contributed by atoms with Crippen LogP contribution in [0.2, 0.25) is 5.02 Å². The van der Waals surface area contributed by atoms with Crippen molar-refractivity contribution in [1.82, 2.24) is 0 Å². The Bertz CT molecular complexity index is 1720. The lowest BCUT2D eigenvalue weighted by Crippen LogP contribution is -2.34. The second-order valence-corrected chi connectivity index (χ2v) is 14.0. The Kier molecular flexibility index (Phi) is 5.93. The SMILES string of the molecule is CC(C)(C)c1cc(Cl)cc(N(c2ccc3c(c2)C(C)(C)CCC3(C)C)c2ccc3oc4ccccc4c3c2)c1. The van der Waals surface area contributed by atoms with Gasteiger partial charge < -0.3 is 9.32 Å². The Hall–Kier alpha value is -3.23. The third-order valence-electron chi connectivity index (χ3n) is 8.72. The molecule has 0 saturated carbocycles. The maximum Gasteiger partial charge on any atom is 0.135 e. The third-order valence-corrected chi connectivity index (χ3v) is 8.94. The molecule has 5 aromatic rings. The fourth-order valence-electron chi connectivity index (χ4n) is 6.15. The van der Waals surface area contributed by atoms with Crippen molar-refractivity contribution in [3.63, 3.8) is 0 Å². The lowest BCUT2D eigenvalue weighted by molar-refractivity contribution is 0.332. The summed E-state index contributed by atoms with van der Waals surface area (Å²) in [5.41, 5.74) is 9.46. The molecule has 3 heteroatoms. The van der Waals surface area contributed by atoms with Crippen LogP contribution in [-0.2, 0) is 16.2 Å². The summed E-state index contributed by atoms with van der Waals surface area (Å²) in [7, 11) is 0. The van der Waals surface area contributed by atoms with Gasteiger partial charge in [0.15, 0.2) is 0 Å². The highest BCUT2D eigenvalue weighted by molar-refractivity contribution is 6.31. The van der Waals surface area contributed by atoms with Crippen LogP contribution in [0.3, 0.4) is 0 Å². The first-order valence-electron chi connectivity index (χ1n) is 14.0. The number of nitrogens with zero attached hydrogens (tertiary/aromatic N) is 1. The Labute approximate surface area is 237 Å². The van der Waals surface area contributed by atoms with Crippen LogP contribution in [0, 0.1) is 0 Å². The van der Waals surface area contributed by atoms with E-state index < -0.39 is 0 Å². The van der Waals surface area contributed by atoms with Gasteiger partial charge in [-0.25, -0.2) is 0 Å². The molecule has 0 saturated heterocycles. The summed E-state index contributed by atoms with van der Waals surface area (Å²) in [5, 5.41) is 2.99. The standard InChI is InChI=1S/C36H38ClNO/c1-34(2,3)23-18-24(37)20-27(19-23)38(25-13-15-33-29(21-25)28-10-8-9-11-32(28)39-33)26-12-14-30-31(22-26)36(6,7)17-16-35(30,4)5/h8-15,18-22H,16-17H2,1-7H3. The van der Waals surface area contributed by atoms with E-state index >= 15 is 0 Å². The fourth-order valence-corrected chi connectivity index (χ4v) is 6.38. The number of furan rings is 1. The molecule has 6 rings (SSSR count). The molecular formula is C36H38ClNO. The van der Waals surface area contributed by atoms with Crippen molar-refractivity contribution in [2.24, 2.45) is 0 Å².